The molecule has 3 amide bonds. The minimum Gasteiger partial charge on any atom is -0.496 e. The molecule has 4 aliphatic heterocycles. The first-order chi connectivity index (χ1) is 29.0. The maximum Gasteiger partial charge on any atom is 0.259 e. The van der Waals surface area contributed by atoms with Crippen molar-refractivity contribution in [3.8, 4) is 22.6 Å². The summed E-state index contributed by atoms with van der Waals surface area (Å²) >= 11 is 0. The largest absolute Gasteiger partial charge is 0.496 e. The lowest BCUT2D eigenvalue weighted by Crippen LogP contribution is -2.58. The van der Waals surface area contributed by atoms with Crippen molar-refractivity contribution in [2.45, 2.75) is 69.7 Å². The standard InChI is InChI=1S/C46H54FN7O6/c1-51-25-35(33-22-40(53-15-4-16-53)48-23-34(33)45(51)58)30-19-38(59-2)42(39(20-30)60-3)29-11-17-52(18-12-29)24-28-9-13-46(14-10-28)26-54(27-46)31-5-6-32(36(47)21-31)43(56)49-37-7-8-41(55)50-44(37)57/h5-6,19-23,25,28-29,37H,4,7-18,24,26-27H2,1-3H3,(H,49,56)(H,50,55,57). The quantitative estimate of drug-likeness (QED) is 0.201. The van der Waals surface area contributed by atoms with Crippen LogP contribution < -0.4 is 35.5 Å². The number of pyridine rings is 2. The predicted molar refractivity (Wildman–Crippen MR) is 227 cm³/mol. The molecule has 0 bridgehead atoms. The molecule has 1 spiro atoms. The van der Waals surface area contributed by atoms with E-state index in [0.717, 1.165) is 123 Å². The maximum atomic E-state index is 15.2. The van der Waals surface area contributed by atoms with E-state index in [1.54, 1.807) is 38.1 Å². The van der Waals surface area contributed by atoms with Crippen molar-refractivity contribution in [1.82, 2.24) is 25.1 Å². The van der Waals surface area contributed by atoms with Crippen molar-refractivity contribution < 1.29 is 28.2 Å². The normalized spacial score (nSPS) is 21.1. The molecule has 2 aromatic heterocycles. The van der Waals surface area contributed by atoms with Crippen molar-refractivity contribution in [1.29, 1.82) is 0 Å². The van der Waals surface area contributed by atoms with Gasteiger partial charge in [0.25, 0.3) is 11.5 Å². The molecule has 6 heterocycles. The van der Waals surface area contributed by atoms with Crippen molar-refractivity contribution in [3.63, 3.8) is 0 Å². The summed E-state index contributed by atoms with van der Waals surface area (Å²) in [5, 5.41) is 6.24. The zero-order valence-corrected chi connectivity index (χ0v) is 34.7. The number of rotatable bonds is 10. The molecule has 0 radical (unpaired) electrons. The van der Waals surface area contributed by atoms with E-state index in [9.17, 15) is 19.2 Å². The number of aromatic nitrogens is 2. The Balaban J connectivity index is 0.791. The number of aryl methyl sites for hydroxylation is 1. The number of carbonyl (C=O) groups excluding carboxylic acids is 3. The number of ether oxygens (including phenoxy) is 2. The highest BCUT2D eigenvalue weighted by Crippen LogP contribution is 2.48. The summed E-state index contributed by atoms with van der Waals surface area (Å²) in [6.45, 7) is 6.83. The van der Waals surface area contributed by atoms with Gasteiger partial charge in [0.2, 0.25) is 11.8 Å². The summed E-state index contributed by atoms with van der Waals surface area (Å²) in [5.41, 5.74) is 3.82. The van der Waals surface area contributed by atoms with Crippen LogP contribution in [0.5, 0.6) is 11.5 Å². The second-order valence-corrected chi connectivity index (χ2v) is 17.7. The number of imide groups is 1. The smallest absolute Gasteiger partial charge is 0.259 e. The molecule has 5 fully saturated rings. The number of halogens is 1. The molecule has 2 aromatic carbocycles. The van der Waals surface area contributed by atoms with E-state index >= 15 is 4.39 Å². The minimum absolute atomic E-state index is 0.0712. The summed E-state index contributed by atoms with van der Waals surface area (Å²) in [7, 11) is 5.23. The second kappa shape index (κ2) is 16.2. The van der Waals surface area contributed by atoms with E-state index in [1.807, 2.05) is 12.3 Å². The van der Waals surface area contributed by atoms with Gasteiger partial charge in [0.05, 0.1) is 25.2 Å². The number of carbonyl (C=O) groups is 3. The van der Waals surface area contributed by atoms with Crippen LogP contribution in [0.1, 0.15) is 79.6 Å². The van der Waals surface area contributed by atoms with E-state index in [2.05, 4.69) is 42.5 Å². The topological polar surface area (TPSA) is 138 Å². The number of methoxy groups -OCH3 is 2. The van der Waals surface area contributed by atoms with E-state index in [1.165, 1.54) is 25.0 Å². The third-order valence-electron chi connectivity index (χ3n) is 13.9. The molecule has 1 saturated carbocycles. The number of anilines is 2. The van der Waals surface area contributed by atoms with Gasteiger partial charge in [-0.3, -0.25) is 24.5 Å². The highest BCUT2D eigenvalue weighted by molar-refractivity contribution is 6.04. The highest BCUT2D eigenvalue weighted by atomic mass is 19.1. The van der Waals surface area contributed by atoms with Crippen LogP contribution in [0.15, 0.2) is 53.6 Å². The fourth-order valence-electron chi connectivity index (χ4n) is 10.3. The number of nitrogens with zero attached hydrogens (tertiary/aromatic N) is 5. The van der Waals surface area contributed by atoms with Gasteiger partial charge in [-0.25, -0.2) is 9.37 Å². The van der Waals surface area contributed by atoms with Crippen LogP contribution in [0.2, 0.25) is 0 Å². The number of amides is 3. The Hall–Kier alpha value is -5.50. The molecule has 1 atom stereocenters. The third-order valence-corrected chi connectivity index (χ3v) is 13.9. The lowest BCUT2D eigenvalue weighted by atomic mass is 9.65. The van der Waals surface area contributed by atoms with Gasteiger partial charge in [0.15, 0.2) is 0 Å². The van der Waals surface area contributed by atoms with Gasteiger partial charge in [-0.2, -0.15) is 0 Å². The molecular formula is C46H54FN7O6. The first-order valence-electron chi connectivity index (χ1n) is 21.4. The Bertz CT molecular complexity index is 2370. The zero-order chi connectivity index (χ0) is 41.7. The van der Waals surface area contributed by atoms with E-state index in [-0.39, 0.29) is 35.3 Å². The van der Waals surface area contributed by atoms with Gasteiger partial charge < -0.3 is 34.1 Å². The summed E-state index contributed by atoms with van der Waals surface area (Å²) < 4.78 is 29.0. The monoisotopic (exact) mass is 819 g/mol. The number of piperidine rings is 2. The molecule has 1 aliphatic carbocycles. The number of benzene rings is 2. The lowest BCUT2D eigenvalue weighted by molar-refractivity contribution is -0.134. The first kappa shape index (κ1) is 39.9. The summed E-state index contributed by atoms with van der Waals surface area (Å²) in [6, 6.07) is 10.1. The van der Waals surface area contributed by atoms with Crippen LogP contribution in [0, 0.1) is 17.2 Å². The molecule has 4 aromatic rings. The van der Waals surface area contributed by atoms with E-state index in [0.29, 0.717) is 17.2 Å². The molecular weight excluding hydrogens is 766 g/mol. The molecule has 5 aliphatic rings. The van der Waals surface area contributed by atoms with Crippen LogP contribution >= 0.6 is 0 Å². The van der Waals surface area contributed by atoms with Gasteiger partial charge in [-0.05, 0) is 118 Å². The molecule has 4 saturated heterocycles. The Labute approximate surface area is 349 Å². The molecule has 2 N–H and O–H groups in total. The number of nitrogens with one attached hydrogen (secondary N) is 2. The summed E-state index contributed by atoms with van der Waals surface area (Å²) in [4.78, 5) is 61.1. The van der Waals surface area contributed by atoms with Crippen LogP contribution in [0.25, 0.3) is 21.9 Å². The fourth-order valence-corrected chi connectivity index (χ4v) is 10.3. The van der Waals surface area contributed by atoms with Crippen LogP contribution in [-0.2, 0) is 16.6 Å². The summed E-state index contributed by atoms with van der Waals surface area (Å²) in [6.07, 6.45) is 11.8. The van der Waals surface area contributed by atoms with Gasteiger partial charge in [-0.15, -0.1) is 0 Å². The Morgan fingerprint density at radius 1 is 0.917 bits per heavy atom. The Kier molecular flexibility index (Phi) is 10.8. The number of fused-ring (bicyclic) bond motifs is 1. The van der Waals surface area contributed by atoms with E-state index < -0.39 is 23.7 Å². The second-order valence-electron chi connectivity index (χ2n) is 17.7. The maximum absolute atomic E-state index is 15.2. The van der Waals surface area contributed by atoms with E-state index in [4.69, 9.17) is 9.47 Å². The first-order valence-corrected chi connectivity index (χ1v) is 21.4. The van der Waals surface area contributed by atoms with Crippen molar-refractivity contribution in [2.75, 3.05) is 69.8 Å². The van der Waals surface area contributed by atoms with Gasteiger partial charge in [-0.1, -0.05) is 0 Å². The fraction of sp³-hybridized carbons (Fsp3) is 0.500. The van der Waals surface area contributed by atoms with Crippen molar-refractivity contribution >= 4 is 40.0 Å². The van der Waals surface area contributed by atoms with Crippen molar-refractivity contribution in [2.24, 2.45) is 18.4 Å². The highest BCUT2D eigenvalue weighted by Gasteiger charge is 2.45. The van der Waals surface area contributed by atoms with Crippen LogP contribution in [-0.4, -0.2) is 98.2 Å². The van der Waals surface area contributed by atoms with Crippen LogP contribution in [0.3, 0.4) is 0 Å². The Morgan fingerprint density at radius 2 is 1.63 bits per heavy atom. The molecule has 316 valence electrons. The van der Waals surface area contributed by atoms with Gasteiger partial charge in [0, 0.05) is 86.2 Å². The van der Waals surface area contributed by atoms with Gasteiger partial charge in [0.1, 0.15) is 29.2 Å². The minimum atomic E-state index is -0.853. The number of hydrogen-bond donors (Lipinski definition) is 2. The van der Waals surface area contributed by atoms with Crippen molar-refractivity contribution in [3.05, 3.63) is 76.1 Å². The molecule has 1 unspecified atom stereocenters. The third kappa shape index (κ3) is 7.58. The predicted octanol–water partition coefficient (Wildman–Crippen LogP) is 5.38. The molecule has 14 heteroatoms. The SMILES string of the molecule is COc1cc(-c2cn(C)c(=O)c3cnc(N4CCC4)cc23)cc(OC)c1C1CCN(CC2CCC3(CC2)CN(c2ccc(C(=O)NC4CCC(=O)NC4=O)c(F)c2)C3)CC1. The average Bonchev–Trinajstić information content (AvgIpc) is 3.21. The molecule has 13 nitrogen and oxygen atoms in total. The van der Waals surface area contributed by atoms with Gasteiger partial charge >= 0.3 is 0 Å². The molecule has 9 rings (SSSR count). The average molecular weight is 820 g/mol. The molecule has 60 heavy (non-hydrogen) atoms. The number of likely N-dealkylation sites (tertiary alicyclic amines) is 1. The summed E-state index contributed by atoms with van der Waals surface area (Å²) in [5.74, 6) is 1.24. The Morgan fingerprint density at radius 3 is 2.27 bits per heavy atom. The van der Waals surface area contributed by atoms with Crippen LogP contribution in [0.4, 0.5) is 15.9 Å². The number of hydrogen-bond acceptors (Lipinski definition) is 10. The zero-order valence-electron chi connectivity index (χ0n) is 34.7. The lowest BCUT2D eigenvalue weighted by Gasteiger charge is -2.55.